The van der Waals surface area contributed by atoms with Gasteiger partial charge in [-0.3, -0.25) is 20.3 Å². The fourth-order valence-electron chi connectivity index (χ4n) is 1.37. The molecule has 0 unspecified atom stereocenters. The molecule has 0 radical (unpaired) electrons. The molecule has 1 aromatic heterocycles. The molecule has 0 saturated heterocycles. The second-order valence-corrected chi connectivity index (χ2v) is 7.94. The van der Waals surface area contributed by atoms with E-state index in [1.165, 1.54) is 18.3 Å². The van der Waals surface area contributed by atoms with E-state index in [0.29, 0.717) is 0 Å². The highest BCUT2D eigenvalue weighted by atomic mass is 33.1. The number of hydrogen-bond donors (Lipinski definition) is 3. The number of hydrogen-bond acceptors (Lipinski definition) is 9. The monoisotopic (exact) mass is 390 g/mol. The first-order valence-corrected chi connectivity index (χ1v) is 9.28. The molecule has 1 heterocycles. The van der Waals surface area contributed by atoms with E-state index in [0.717, 1.165) is 21.6 Å². The maximum atomic E-state index is 11.5. The minimum atomic E-state index is -1.19. The molecule has 12 heteroatoms. The van der Waals surface area contributed by atoms with Crippen LogP contribution in [0.3, 0.4) is 0 Å². The SMILES string of the molecule is CC(C)(C)OC(=O)NN[C@@H](CSSc1ncccc1[N+](=O)[O-])C(=O)O. The Kier molecular flexibility index (Phi) is 7.93. The maximum Gasteiger partial charge on any atom is 0.422 e. The summed E-state index contributed by atoms with van der Waals surface area (Å²) in [5, 5.41) is 20.2. The Bertz CT molecular complexity index is 637. The van der Waals surface area contributed by atoms with Crippen LogP contribution in [-0.4, -0.2) is 44.5 Å². The number of carboxylic acids is 1. The molecule has 1 atom stereocenters. The van der Waals surface area contributed by atoms with E-state index < -0.39 is 28.6 Å². The number of nitrogens with one attached hydrogen (secondary N) is 2. The van der Waals surface area contributed by atoms with Crippen molar-refractivity contribution in [3.8, 4) is 0 Å². The number of nitro groups is 1. The fraction of sp³-hybridized carbons (Fsp3) is 0.462. The minimum absolute atomic E-state index is 0.0174. The van der Waals surface area contributed by atoms with Gasteiger partial charge in [-0.05, 0) is 37.6 Å². The highest BCUT2D eigenvalue weighted by molar-refractivity contribution is 8.76. The number of carbonyl (C=O) groups is 2. The first-order chi connectivity index (χ1) is 11.6. The zero-order valence-electron chi connectivity index (χ0n) is 13.7. The lowest BCUT2D eigenvalue weighted by atomic mass is 10.2. The molecule has 0 aromatic carbocycles. The number of aromatic nitrogens is 1. The third-order valence-corrected chi connectivity index (χ3v) is 4.66. The summed E-state index contributed by atoms with van der Waals surface area (Å²) in [6.07, 6.45) is 0.601. The van der Waals surface area contributed by atoms with Crippen molar-refractivity contribution in [3.05, 3.63) is 28.4 Å². The van der Waals surface area contributed by atoms with Crippen LogP contribution in [0.4, 0.5) is 10.5 Å². The van der Waals surface area contributed by atoms with Crippen molar-refractivity contribution < 1.29 is 24.4 Å². The van der Waals surface area contributed by atoms with Gasteiger partial charge in [0.25, 0.3) is 0 Å². The van der Waals surface area contributed by atoms with Gasteiger partial charge in [0, 0.05) is 18.0 Å². The van der Waals surface area contributed by atoms with E-state index in [1.807, 2.05) is 0 Å². The van der Waals surface area contributed by atoms with E-state index >= 15 is 0 Å². The van der Waals surface area contributed by atoms with Crippen molar-refractivity contribution in [2.45, 2.75) is 37.4 Å². The van der Waals surface area contributed by atoms with Crippen LogP contribution in [-0.2, 0) is 9.53 Å². The average Bonchev–Trinajstić information content (AvgIpc) is 2.48. The zero-order chi connectivity index (χ0) is 19.0. The number of nitrogens with zero attached hydrogens (tertiary/aromatic N) is 2. The van der Waals surface area contributed by atoms with E-state index in [-0.39, 0.29) is 16.5 Å². The normalized spacial score (nSPS) is 12.3. The summed E-state index contributed by atoms with van der Waals surface area (Å²) in [7, 11) is 2.04. The number of aliphatic carboxylic acids is 1. The van der Waals surface area contributed by atoms with Crippen LogP contribution < -0.4 is 10.9 Å². The third-order valence-electron chi connectivity index (χ3n) is 2.37. The van der Waals surface area contributed by atoms with Gasteiger partial charge in [0.15, 0.2) is 5.03 Å². The standard InChI is InChI=1S/C13H18N4O6S2/c1-13(2,3)23-12(20)16-15-8(11(18)19)7-24-25-10-9(17(21)22)5-4-6-14-10/h4-6,8,15H,7H2,1-3H3,(H,16,20)(H,18,19)/t8-/m0/s1. The summed E-state index contributed by atoms with van der Waals surface area (Å²) in [6, 6.07) is 1.64. The number of carbonyl (C=O) groups excluding carboxylic acids is 1. The molecule has 0 saturated carbocycles. The Hall–Kier alpha value is -2.05. The van der Waals surface area contributed by atoms with Crippen LogP contribution in [0.1, 0.15) is 20.8 Å². The Morgan fingerprint density at radius 1 is 1.48 bits per heavy atom. The van der Waals surface area contributed by atoms with E-state index in [2.05, 4.69) is 15.8 Å². The number of pyridine rings is 1. The number of ether oxygens (including phenoxy) is 1. The molecule has 3 N–H and O–H groups in total. The van der Waals surface area contributed by atoms with Crippen molar-refractivity contribution in [1.29, 1.82) is 0 Å². The summed E-state index contributed by atoms with van der Waals surface area (Å²) in [5.41, 5.74) is 3.64. The minimum Gasteiger partial charge on any atom is -0.480 e. The quantitative estimate of drug-likeness (QED) is 0.343. The van der Waals surface area contributed by atoms with Crippen LogP contribution in [0, 0.1) is 10.1 Å². The van der Waals surface area contributed by atoms with E-state index in [4.69, 9.17) is 9.84 Å². The van der Waals surface area contributed by atoms with Crippen LogP contribution >= 0.6 is 21.6 Å². The first-order valence-electron chi connectivity index (χ1n) is 6.96. The Balaban J connectivity index is 2.53. The van der Waals surface area contributed by atoms with Crippen molar-refractivity contribution in [3.63, 3.8) is 0 Å². The predicted octanol–water partition coefficient (Wildman–Crippen LogP) is 2.21. The maximum absolute atomic E-state index is 11.5. The Morgan fingerprint density at radius 2 is 2.16 bits per heavy atom. The molecule has 0 spiro atoms. The molecular formula is C13H18N4O6S2. The lowest BCUT2D eigenvalue weighted by molar-refractivity contribution is -0.388. The van der Waals surface area contributed by atoms with Crippen molar-refractivity contribution in [1.82, 2.24) is 15.8 Å². The highest BCUT2D eigenvalue weighted by Gasteiger charge is 2.22. The smallest absolute Gasteiger partial charge is 0.422 e. The number of carboxylic acid groups (broad SMARTS) is 1. The molecule has 1 amide bonds. The number of hydrazine groups is 1. The van der Waals surface area contributed by atoms with E-state index in [9.17, 15) is 19.7 Å². The van der Waals surface area contributed by atoms with Crippen LogP contribution in [0.2, 0.25) is 0 Å². The number of amides is 1. The highest BCUT2D eigenvalue weighted by Crippen LogP contribution is 2.35. The molecule has 1 aromatic rings. The molecule has 0 aliphatic carbocycles. The van der Waals surface area contributed by atoms with Gasteiger partial charge in [-0.25, -0.2) is 15.2 Å². The summed E-state index contributed by atoms with van der Waals surface area (Å²) < 4.78 is 4.98. The van der Waals surface area contributed by atoms with Crippen LogP contribution in [0.5, 0.6) is 0 Å². The molecule has 138 valence electrons. The molecule has 1 rings (SSSR count). The topological polar surface area (TPSA) is 144 Å². The van der Waals surface area contributed by atoms with Gasteiger partial charge in [0.05, 0.1) is 4.92 Å². The van der Waals surface area contributed by atoms with Gasteiger partial charge in [0.2, 0.25) is 0 Å². The molecule has 0 aliphatic rings. The molecule has 0 bridgehead atoms. The van der Waals surface area contributed by atoms with Gasteiger partial charge in [-0.1, -0.05) is 10.8 Å². The van der Waals surface area contributed by atoms with Crippen molar-refractivity contribution in [2.24, 2.45) is 0 Å². The number of rotatable bonds is 8. The third kappa shape index (κ3) is 8.05. The van der Waals surface area contributed by atoms with Gasteiger partial charge >= 0.3 is 17.7 Å². The first kappa shape index (κ1) is 21.0. The summed E-state index contributed by atoms with van der Waals surface area (Å²) in [5.74, 6) is -1.18. The van der Waals surface area contributed by atoms with Gasteiger partial charge in [-0.2, -0.15) is 0 Å². The molecule has 0 aliphatic heterocycles. The molecule has 25 heavy (non-hydrogen) atoms. The second kappa shape index (κ2) is 9.44. The zero-order valence-corrected chi connectivity index (χ0v) is 15.3. The van der Waals surface area contributed by atoms with Crippen molar-refractivity contribution >= 4 is 39.3 Å². The summed E-state index contributed by atoms with van der Waals surface area (Å²) >= 11 is 0. The van der Waals surface area contributed by atoms with Crippen LogP contribution in [0.15, 0.2) is 23.4 Å². The van der Waals surface area contributed by atoms with Gasteiger partial charge in [-0.15, -0.1) is 0 Å². The molecule has 10 nitrogen and oxygen atoms in total. The van der Waals surface area contributed by atoms with Crippen molar-refractivity contribution in [2.75, 3.05) is 5.75 Å². The Labute approximate surface area is 151 Å². The fourth-order valence-corrected chi connectivity index (χ4v) is 3.57. The summed E-state index contributed by atoms with van der Waals surface area (Å²) in [4.78, 5) is 37.0. The average molecular weight is 390 g/mol. The predicted molar refractivity (Wildman–Crippen MR) is 93.1 cm³/mol. The lowest BCUT2D eigenvalue weighted by Gasteiger charge is -2.21. The summed E-state index contributed by atoms with van der Waals surface area (Å²) in [6.45, 7) is 5.02. The molecular weight excluding hydrogens is 372 g/mol. The van der Waals surface area contributed by atoms with Gasteiger partial charge < -0.3 is 9.84 Å². The van der Waals surface area contributed by atoms with Gasteiger partial charge in [0.1, 0.15) is 11.6 Å². The second-order valence-electron chi connectivity index (χ2n) is 5.61. The molecule has 0 fully saturated rings. The Morgan fingerprint density at radius 3 is 2.72 bits per heavy atom. The van der Waals surface area contributed by atoms with E-state index in [1.54, 1.807) is 20.8 Å². The lowest BCUT2D eigenvalue weighted by Crippen LogP contribution is -2.50. The largest absolute Gasteiger partial charge is 0.480 e. The van der Waals surface area contributed by atoms with Crippen LogP contribution in [0.25, 0.3) is 0 Å².